The van der Waals surface area contributed by atoms with Crippen molar-refractivity contribution in [1.29, 1.82) is 0 Å². The Balaban J connectivity index is 1.49. The van der Waals surface area contributed by atoms with E-state index >= 15 is 0 Å². The first-order valence-electron chi connectivity index (χ1n) is 12.1. The highest BCUT2D eigenvalue weighted by Crippen LogP contribution is 2.34. The lowest BCUT2D eigenvalue weighted by molar-refractivity contribution is -0.142. The molecule has 3 aromatic rings. The van der Waals surface area contributed by atoms with Gasteiger partial charge in [0.1, 0.15) is 0 Å². The number of carbonyl (C=O) groups is 1. The molecule has 1 aromatic heterocycles. The summed E-state index contributed by atoms with van der Waals surface area (Å²) in [5.74, 6) is 0.438. The van der Waals surface area contributed by atoms with E-state index in [1.54, 1.807) is 11.3 Å². The van der Waals surface area contributed by atoms with Gasteiger partial charge >= 0.3 is 5.97 Å². The fourth-order valence-corrected chi connectivity index (χ4v) is 6.19. The minimum atomic E-state index is -0.165. The Morgan fingerprint density at radius 1 is 1.21 bits per heavy atom. The first-order chi connectivity index (χ1) is 16.3. The van der Waals surface area contributed by atoms with Crippen molar-refractivity contribution in [2.45, 2.75) is 53.1 Å². The minimum absolute atomic E-state index is 0.165. The molecule has 0 aliphatic carbocycles. The Kier molecular flexibility index (Phi) is 8.12. The van der Waals surface area contributed by atoms with Gasteiger partial charge in [0.15, 0.2) is 5.13 Å². The van der Waals surface area contributed by atoms with Gasteiger partial charge in [-0.3, -0.25) is 9.69 Å². The highest BCUT2D eigenvalue weighted by atomic mass is 35.5. The molecule has 7 heteroatoms. The molecular weight excluding hydrogens is 466 g/mol. The lowest BCUT2D eigenvalue weighted by Gasteiger charge is -2.42. The van der Waals surface area contributed by atoms with Gasteiger partial charge in [0.25, 0.3) is 0 Å². The van der Waals surface area contributed by atoms with Gasteiger partial charge in [0.05, 0.1) is 23.2 Å². The van der Waals surface area contributed by atoms with Crippen molar-refractivity contribution in [3.05, 3.63) is 58.1 Å². The smallest absolute Gasteiger partial charge is 0.310 e. The number of hydrogen-bond donors (Lipinski definition) is 0. The van der Waals surface area contributed by atoms with Crippen molar-refractivity contribution in [3.8, 4) is 0 Å². The van der Waals surface area contributed by atoms with Crippen LogP contribution >= 0.6 is 22.9 Å². The molecule has 0 N–H and O–H groups in total. The van der Waals surface area contributed by atoms with Crippen molar-refractivity contribution in [2.75, 3.05) is 31.1 Å². The zero-order valence-electron chi connectivity index (χ0n) is 20.5. The van der Waals surface area contributed by atoms with E-state index in [4.69, 9.17) is 21.3 Å². The first kappa shape index (κ1) is 25.0. The number of rotatable bonds is 8. The summed E-state index contributed by atoms with van der Waals surface area (Å²) < 4.78 is 6.28. The van der Waals surface area contributed by atoms with E-state index in [9.17, 15) is 4.79 Å². The number of nitrogens with zero attached hydrogens (tertiary/aromatic N) is 3. The van der Waals surface area contributed by atoms with E-state index in [0.717, 1.165) is 58.5 Å². The molecule has 34 heavy (non-hydrogen) atoms. The lowest BCUT2D eigenvalue weighted by Crippen LogP contribution is -2.53. The van der Waals surface area contributed by atoms with Gasteiger partial charge in [0, 0.05) is 37.2 Å². The summed E-state index contributed by atoms with van der Waals surface area (Å²) in [6.45, 7) is 12.7. The van der Waals surface area contributed by atoms with Gasteiger partial charge in [-0.15, -0.1) is 0 Å². The van der Waals surface area contributed by atoms with Crippen LogP contribution in [0.1, 0.15) is 43.9 Å². The molecule has 0 unspecified atom stereocenters. The third-order valence-electron chi connectivity index (χ3n) is 6.15. The molecule has 1 aliphatic heterocycles. The van der Waals surface area contributed by atoms with Crippen LogP contribution in [0, 0.1) is 12.8 Å². The van der Waals surface area contributed by atoms with E-state index < -0.39 is 0 Å². The van der Waals surface area contributed by atoms with E-state index in [1.165, 1.54) is 11.1 Å². The maximum absolute atomic E-state index is 12.0. The number of carbonyl (C=O) groups excluding carboxylic acids is 1. The zero-order chi connectivity index (χ0) is 24.2. The van der Waals surface area contributed by atoms with E-state index in [-0.39, 0.29) is 5.97 Å². The topological polar surface area (TPSA) is 45.7 Å². The summed E-state index contributed by atoms with van der Waals surface area (Å²) in [5.41, 5.74) is 4.48. The first-order valence-corrected chi connectivity index (χ1v) is 13.3. The molecular formula is C27H34ClN3O2S. The van der Waals surface area contributed by atoms with Crippen LogP contribution in [0.4, 0.5) is 5.13 Å². The third-order valence-corrected chi connectivity index (χ3v) is 7.44. The van der Waals surface area contributed by atoms with E-state index in [0.29, 0.717) is 25.0 Å². The molecule has 0 saturated carbocycles. The number of thiazole rings is 1. The van der Waals surface area contributed by atoms with Crippen molar-refractivity contribution in [3.63, 3.8) is 0 Å². The summed E-state index contributed by atoms with van der Waals surface area (Å²) in [6.07, 6.45) is 1.45. The average molecular weight is 500 g/mol. The van der Waals surface area contributed by atoms with Crippen LogP contribution in [0.15, 0.2) is 36.4 Å². The zero-order valence-corrected chi connectivity index (χ0v) is 22.1. The Hall–Kier alpha value is -2.15. The Labute approximate surface area is 211 Å². The van der Waals surface area contributed by atoms with E-state index in [1.807, 2.05) is 25.1 Å². The predicted molar refractivity (Wildman–Crippen MR) is 142 cm³/mol. The quantitative estimate of drug-likeness (QED) is 0.350. The Morgan fingerprint density at radius 3 is 2.76 bits per heavy atom. The number of hydrogen-bond acceptors (Lipinski definition) is 6. The molecule has 1 saturated heterocycles. The number of fused-ring (bicyclic) bond motifs is 1. The number of aromatic nitrogens is 1. The maximum Gasteiger partial charge on any atom is 0.310 e. The normalized spacial score (nSPS) is 17.0. The lowest BCUT2D eigenvalue weighted by atomic mass is 9.99. The van der Waals surface area contributed by atoms with Gasteiger partial charge in [0.2, 0.25) is 0 Å². The van der Waals surface area contributed by atoms with Gasteiger partial charge in [-0.1, -0.05) is 60.5 Å². The van der Waals surface area contributed by atoms with Gasteiger partial charge in [-0.25, -0.2) is 4.98 Å². The highest BCUT2D eigenvalue weighted by molar-refractivity contribution is 7.22. The number of anilines is 1. The Morgan fingerprint density at radius 2 is 2.00 bits per heavy atom. The fraction of sp³-hybridized carbons (Fsp3) is 0.481. The molecule has 2 heterocycles. The van der Waals surface area contributed by atoms with Crippen molar-refractivity contribution in [1.82, 2.24) is 9.88 Å². The molecule has 0 radical (unpaired) electrons. The second-order valence-electron chi connectivity index (χ2n) is 9.63. The van der Waals surface area contributed by atoms with Crippen LogP contribution in [0.5, 0.6) is 0 Å². The van der Waals surface area contributed by atoms with Gasteiger partial charge < -0.3 is 9.64 Å². The second-order valence-corrected chi connectivity index (χ2v) is 11.1. The number of aryl methyl sites for hydroxylation is 1. The predicted octanol–water partition coefficient (Wildman–Crippen LogP) is 6.10. The van der Waals surface area contributed by atoms with Gasteiger partial charge in [-0.2, -0.15) is 0 Å². The molecule has 0 bridgehead atoms. The summed E-state index contributed by atoms with van der Waals surface area (Å²) in [6, 6.07) is 12.8. The number of esters is 1. The van der Waals surface area contributed by atoms with Crippen LogP contribution in [-0.4, -0.2) is 48.1 Å². The van der Waals surface area contributed by atoms with Crippen LogP contribution in [-0.2, 0) is 22.5 Å². The average Bonchev–Trinajstić information content (AvgIpc) is 3.16. The Bertz CT molecular complexity index is 1150. The fourth-order valence-electron chi connectivity index (χ4n) is 4.85. The van der Waals surface area contributed by atoms with Crippen LogP contribution < -0.4 is 4.90 Å². The summed E-state index contributed by atoms with van der Waals surface area (Å²) >= 11 is 7.94. The molecule has 1 fully saturated rings. The number of halogens is 1. The molecule has 0 spiro atoms. The molecule has 4 rings (SSSR count). The van der Waals surface area contributed by atoms with E-state index in [2.05, 4.69) is 48.8 Å². The SMILES string of the molecule is CCOC(=O)Cc1cc(C)cc(CN2CCN(c3nc4ccc(Cl)cc4s3)[C@H](CC(C)C)C2)c1. The maximum atomic E-state index is 12.0. The molecule has 2 aromatic carbocycles. The monoisotopic (exact) mass is 499 g/mol. The van der Waals surface area contributed by atoms with Crippen molar-refractivity contribution < 1.29 is 9.53 Å². The van der Waals surface area contributed by atoms with Crippen LogP contribution in [0.3, 0.4) is 0 Å². The third kappa shape index (κ3) is 6.29. The standard InChI is InChI=1S/C27H34ClN3O2S/c1-5-33-26(32)14-20-11-19(4)12-21(13-20)16-30-8-9-31(23(17-30)10-18(2)3)27-29-24-7-6-22(28)15-25(24)34-27/h6-7,11-13,15,18,23H,5,8-10,14,16-17H2,1-4H3/t23-/m1/s1. The molecule has 5 nitrogen and oxygen atoms in total. The summed E-state index contributed by atoms with van der Waals surface area (Å²) in [4.78, 5) is 21.9. The summed E-state index contributed by atoms with van der Waals surface area (Å²) in [5, 5.41) is 1.85. The second kappa shape index (κ2) is 11.1. The molecule has 1 aliphatic rings. The largest absolute Gasteiger partial charge is 0.466 e. The molecule has 0 amide bonds. The highest BCUT2D eigenvalue weighted by Gasteiger charge is 2.29. The van der Waals surface area contributed by atoms with Crippen molar-refractivity contribution >= 4 is 44.3 Å². The number of ether oxygens (including phenoxy) is 1. The molecule has 1 atom stereocenters. The van der Waals surface area contributed by atoms with Crippen LogP contribution in [0.2, 0.25) is 5.02 Å². The number of piperazine rings is 1. The molecule has 182 valence electrons. The number of benzene rings is 2. The van der Waals surface area contributed by atoms with Crippen LogP contribution in [0.25, 0.3) is 10.2 Å². The summed E-state index contributed by atoms with van der Waals surface area (Å²) in [7, 11) is 0. The minimum Gasteiger partial charge on any atom is -0.466 e. The van der Waals surface area contributed by atoms with Crippen molar-refractivity contribution in [2.24, 2.45) is 5.92 Å². The van der Waals surface area contributed by atoms with Gasteiger partial charge in [-0.05, 0) is 55.5 Å².